The van der Waals surface area contributed by atoms with Crippen LogP contribution in [0, 0.1) is 0 Å². The largest absolute Gasteiger partial charge is 0.497 e. The molecule has 0 bridgehead atoms. The number of ether oxygens (including phenoxy) is 5. The van der Waals surface area contributed by atoms with E-state index in [4.69, 9.17) is 28.7 Å². The van der Waals surface area contributed by atoms with Gasteiger partial charge < -0.3 is 28.6 Å². The Hall–Kier alpha value is -3.22. The van der Waals surface area contributed by atoms with E-state index in [1.807, 2.05) is 17.5 Å². The molecule has 37 heavy (non-hydrogen) atoms. The van der Waals surface area contributed by atoms with Gasteiger partial charge in [-0.25, -0.2) is 13.4 Å². The molecule has 2 heterocycles. The summed E-state index contributed by atoms with van der Waals surface area (Å²) < 4.78 is 54.9. The number of methoxy groups -OCH3 is 5. The van der Waals surface area contributed by atoms with Crippen LogP contribution < -0.4 is 28.6 Å². The molecule has 0 N–H and O–H groups in total. The fourth-order valence-corrected chi connectivity index (χ4v) is 6.65. The van der Waals surface area contributed by atoms with Gasteiger partial charge in [0.05, 0.1) is 41.2 Å². The number of hydrogen-bond donors (Lipinski definition) is 0. The normalized spacial score (nSPS) is 14.4. The predicted octanol–water partition coefficient (Wildman–Crippen LogP) is 3.29. The molecule has 1 saturated heterocycles. The molecule has 200 valence electrons. The van der Waals surface area contributed by atoms with Crippen LogP contribution in [-0.2, 0) is 16.4 Å². The average Bonchev–Trinajstić information content (AvgIpc) is 3.40. The highest BCUT2D eigenvalue weighted by molar-refractivity contribution is 7.89. The smallest absolute Gasteiger partial charge is 0.246 e. The second kappa shape index (κ2) is 11.4. The lowest BCUT2D eigenvalue weighted by Crippen LogP contribution is -2.48. The van der Waals surface area contributed by atoms with Gasteiger partial charge in [-0.1, -0.05) is 0 Å². The maximum absolute atomic E-state index is 13.3. The van der Waals surface area contributed by atoms with Crippen LogP contribution in [0.3, 0.4) is 0 Å². The maximum Gasteiger partial charge on any atom is 0.246 e. The number of rotatable bonds is 10. The molecular weight excluding hydrogens is 518 g/mol. The molecule has 3 aromatic rings. The van der Waals surface area contributed by atoms with E-state index in [1.165, 1.54) is 24.6 Å². The first kappa shape index (κ1) is 26.8. The highest BCUT2D eigenvalue weighted by Gasteiger charge is 2.31. The van der Waals surface area contributed by atoms with Crippen molar-refractivity contribution in [2.45, 2.75) is 11.3 Å². The van der Waals surface area contributed by atoms with E-state index in [9.17, 15) is 8.42 Å². The minimum absolute atomic E-state index is 0.131. The fourth-order valence-electron chi connectivity index (χ4n) is 4.22. The molecule has 4 rings (SSSR count). The molecular formula is C25H31N3O7S2. The van der Waals surface area contributed by atoms with Crippen LogP contribution in [0.15, 0.2) is 40.6 Å². The number of thiazole rings is 1. The molecule has 10 nitrogen and oxygen atoms in total. The van der Waals surface area contributed by atoms with Crippen molar-refractivity contribution in [2.24, 2.45) is 0 Å². The first-order valence-electron chi connectivity index (χ1n) is 11.5. The third-order valence-corrected chi connectivity index (χ3v) is 9.04. The third kappa shape index (κ3) is 5.55. The number of benzene rings is 2. The first-order chi connectivity index (χ1) is 17.8. The summed E-state index contributed by atoms with van der Waals surface area (Å²) in [5, 5.41) is 2.88. The van der Waals surface area contributed by atoms with E-state index in [0.717, 1.165) is 16.4 Å². The van der Waals surface area contributed by atoms with Gasteiger partial charge in [-0.3, -0.25) is 0 Å². The topological polar surface area (TPSA) is 99.7 Å². The molecule has 0 spiro atoms. The van der Waals surface area contributed by atoms with Crippen molar-refractivity contribution in [3.8, 4) is 28.7 Å². The lowest BCUT2D eigenvalue weighted by atomic mass is 10.1. The summed E-state index contributed by atoms with van der Waals surface area (Å²) in [5.74, 6) is 2.54. The molecule has 0 atom stereocenters. The van der Waals surface area contributed by atoms with Crippen LogP contribution in [0.4, 0.5) is 5.13 Å². The summed E-state index contributed by atoms with van der Waals surface area (Å²) in [7, 11) is 4.01. The number of anilines is 1. The zero-order valence-electron chi connectivity index (χ0n) is 21.5. The SMILES string of the molecule is COc1ccc(S(=O)(=O)N2CCN(c3nc(Cc4cc(OC)c(OC)c(OC)c4)cs3)CC2)c(OC)c1. The second-order valence-electron chi connectivity index (χ2n) is 8.24. The Morgan fingerprint density at radius 2 is 1.49 bits per heavy atom. The van der Waals surface area contributed by atoms with Crippen LogP contribution in [0.5, 0.6) is 28.7 Å². The van der Waals surface area contributed by atoms with Gasteiger partial charge in [0.1, 0.15) is 16.4 Å². The van der Waals surface area contributed by atoms with Gasteiger partial charge in [0, 0.05) is 44.0 Å². The summed E-state index contributed by atoms with van der Waals surface area (Å²) in [5.41, 5.74) is 1.89. The molecule has 12 heteroatoms. The highest BCUT2D eigenvalue weighted by atomic mass is 32.2. The minimum Gasteiger partial charge on any atom is -0.497 e. The molecule has 0 saturated carbocycles. The zero-order valence-corrected chi connectivity index (χ0v) is 23.1. The molecule has 1 aromatic heterocycles. The molecule has 2 aromatic carbocycles. The molecule has 0 aliphatic carbocycles. The van der Waals surface area contributed by atoms with E-state index in [2.05, 4.69) is 4.90 Å². The van der Waals surface area contributed by atoms with Gasteiger partial charge in [-0.15, -0.1) is 11.3 Å². The highest BCUT2D eigenvalue weighted by Crippen LogP contribution is 2.39. The summed E-state index contributed by atoms with van der Waals surface area (Å²) >= 11 is 1.54. The van der Waals surface area contributed by atoms with Crippen molar-refractivity contribution in [3.05, 3.63) is 47.0 Å². The summed E-state index contributed by atoms with van der Waals surface area (Å²) in [6, 6.07) is 8.55. The monoisotopic (exact) mass is 549 g/mol. The molecule has 0 unspecified atom stereocenters. The molecule has 0 amide bonds. The third-order valence-electron chi connectivity index (χ3n) is 6.15. The maximum atomic E-state index is 13.3. The minimum atomic E-state index is -3.71. The first-order valence-corrected chi connectivity index (χ1v) is 13.9. The van der Waals surface area contributed by atoms with E-state index in [0.29, 0.717) is 55.6 Å². The van der Waals surface area contributed by atoms with Gasteiger partial charge in [0.2, 0.25) is 15.8 Å². The standard InChI is InChI=1S/C25H31N3O7S2/c1-31-19-6-7-23(20(15-19)32-2)37(29,30)28-10-8-27(9-11-28)25-26-18(16-36-25)12-17-13-21(33-3)24(35-5)22(14-17)34-4/h6-7,13-16H,8-12H2,1-5H3. The van der Waals surface area contributed by atoms with Crippen molar-refractivity contribution >= 4 is 26.5 Å². The Bertz CT molecular complexity index is 1310. The quantitative estimate of drug-likeness (QED) is 0.377. The van der Waals surface area contributed by atoms with E-state index in [1.54, 1.807) is 44.8 Å². The second-order valence-corrected chi connectivity index (χ2v) is 11.0. The van der Waals surface area contributed by atoms with Gasteiger partial charge >= 0.3 is 0 Å². The number of nitrogens with zero attached hydrogens (tertiary/aromatic N) is 3. The average molecular weight is 550 g/mol. The van der Waals surface area contributed by atoms with Crippen LogP contribution in [0.25, 0.3) is 0 Å². The van der Waals surface area contributed by atoms with E-state index >= 15 is 0 Å². The number of hydrogen-bond acceptors (Lipinski definition) is 10. The Morgan fingerprint density at radius 3 is 2.05 bits per heavy atom. The number of piperazine rings is 1. The number of sulfonamides is 1. The van der Waals surface area contributed by atoms with Crippen molar-refractivity contribution in [3.63, 3.8) is 0 Å². The predicted molar refractivity (Wildman–Crippen MR) is 142 cm³/mol. The van der Waals surface area contributed by atoms with Crippen LogP contribution in [-0.4, -0.2) is 79.4 Å². The molecule has 1 fully saturated rings. The number of aromatic nitrogens is 1. The van der Waals surface area contributed by atoms with E-state index < -0.39 is 10.0 Å². The van der Waals surface area contributed by atoms with Crippen LogP contribution in [0.1, 0.15) is 11.3 Å². The molecule has 0 radical (unpaired) electrons. The van der Waals surface area contributed by atoms with E-state index in [-0.39, 0.29) is 10.6 Å². The Balaban J connectivity index is 1.44. The summed E-state index contributed by atoms with van der Waals surface area (Å²) in [4.78, 5) is 7.05. The summed E-state index contributed by atoms with van der Waals surface area (Å²) in [6.07, 6.45) is 0.596. The van der Waals surface area contributed by atoms with Gasteiger partial charge in [-0.2, -0.15) is 4.31 Å². The lowest BCUT2D eigenvalue weighted by Gasteiger charge is -2.34. The van der Waals surface area contributed by atoms with Crippen molar-refractivity contribution in [1.82, 2.24) is 9.29 Å². The van der Waals surface area contributed by atoms with Crippen molar-refractivity contribution in [1.29, 1.82) is 0 Å². The van der Waals surface area contributed by atoms with Crippen LogP contribution >= 0.6 is 11.3 Å². The zero-order chi connectivity index (χ0) is 26.6. The Morgan fingerprint density at radius 1 is 0.838 bits per heavy atom. The summed E-state index contributed by atoms with van der Waals surface area (Å²) in [6.45, 7) is 1.77. The van der Waals surface area contributed by atoms with Gasteiger partial charge in [-0.05, 0) is 29.8 Å². The van der Waals surface area contributed by atoms with Crippen LogP contribution in [0.2, 0.25) is 0 Å². The van der Waals surface area contributed by atoms with Gasteiger partial charge in [0.25, 0.3) is 0 Å². The Labute approximate surface area is 221 Å². The Kier molecular flexibility index (Phi) is 8.30. The van der Waals surface area contributed by atoms with Gasteiger partial charge in [0.15, 0.2) is 16.6 Å². The molecule has 1 aliphatic heterocycles. The lowest BCUT2D eigenvalue weighted by molar-refractivity contribution is 0.324. The fraction of sp³-hybridized carbons (Fsp3) is 0.400. The molecule has 1 aliphatic rings. The van der Waals surface area contributed by atoms with Crippen molar-refractivity contribution in [2.75, 3.05) is 66.6 Å². The van der Waals surface area contributed by atoms with Crippen molar-refractivity contribution < 1.29 is 32.1 Å².